The fourth-order valence-electron chi connectivity index (χ4n) is 3.34. The molecule has 2 rings (SSSR count). The first kappa shape index (κ1) is 23.5. The number of hydrogen-bond donors (Lipinski definition) is 1. The fourth-order valence-corrected chi connectivity index (χ4v) is 3.34. The van der Waals surface area contributed by atoms with Gasteiger partial charge in [0.15, 0.2) is 6.61 Å². The van der Waals surface area contributed by atoms with Crippen molar-refractivity contribution in [3.05, 3.63) is 65.2 Å². The van der Waals surface area contributed by atoms with Gasteiger partial charge in [0, 0.05) is 13.1 Å². The molecule has 2 aromatic carbocycles. The zero-order chi connectivity index (χ0) is 21.9. The number of unbranched alkanes of at least 4 members (excludes halogenated alkanes) is 1. The number of nitrogens with zero attached hydrogens (tertiary/aromatic N) is 1. The topological polar surface area (TPSA) is 58.6 Å². The minimum absolute atomic E-state index is 0.102. The van der Waals surface area contributed by atoms with Crippen LogP contribution in [0.2, 0.25) is 0 Å². The SMILES string of the molecule is CCCCNC(=O)C(CC)N(Cc1ccccc1C)C(=O)COc1ccccc1C. The molecule has 0 radical (unpaired) electrons. The Morgan fingerprint density at radius 1 is 1.00 bits per heavy atom. The molecule has 1 N–H and O–H groups in total. The smallest absolute Gasteiger partial charge is 0.261 e. The standard InChI is InChI=1S/C25H34N2O3/c1-5-7-16-26-25(29)22(6-2)27(17-21-14-10-8-12-19(21)3)24(28)18-30-23-15-11-9-13-20(23)4/h8-15,22H,5-7,16-18H2,1-4H3,(H,26,29). The predicted octanol–water partition coefficient (Wildman–Crippen LogP) is 4.41. The molecule has 1 unspecified atom stereocenters. The van der Waals surface area contributed by atoms with Gasteiger partial charge in [0.05, 0.1) is 0 Å². The van der Waals surface area contributed by atoms with Crippen LogP contribution >= 0.6 is 0 Å². The van der Waals surface area contributed by atoms with Crippen LogP contribution in [0.15, 0.2) is 48.5 Å². The Morgan fingerprint density at radius 2 is 1.67 bits per heavy atom. The van der Waals surface area contributed by atoms with Crippen LogP contribution in [-0.2, 0) is 16.1 Å². The van der Waals surface area contributed by atoms with E-state index in [9.17, 15) is 9.59 Å². The highest BCUT2D eigenvalue weighted by atomic mass is 16.5. The molecule has 5 nitrogen and oxygen atoms in total. The van der Waals surface area contributed by atoms with E-state index in [2.05, 4.69) is 12.2 Å². The molecular formula is C25H34N2O3. The van der Waals surface area contributed by atoms with E-state index >= 15 is 0 Å². The first-order valence-corrected chi connectivity index (χ1v) is 10.8. The van der Waals surface area contributed by atoms with Crippen LogP contribution in [0.4, 0.5) is 0 Å². The summed E-state index contributed by atoms with van der Waals surface area (Å²) in [6.45, 7) is 8.88. The zero-order valence-electron chi connectivity index (χ0n) is 18.6. The Morgan fingerprint density at radius 3 is 2.30 bits per heavy atom. The molecule has 0 fully saturated rings. The average Bonchev–Trinajstić information content (AvgIpc) is 2.74. The molecule has 2 amide bonds. The summed E-state index contributed by atoms with van der Waals surface area (Å²) in [7, 11) is 0. The van der Waals surface area contributed by atoms with Crippen LogP contribution in [0.25, 0.3) is 0 Å². The Hall–Kier alpha value is -2.82. The molecule has 30 heavy (non-hydrogen) atoms. The Labute approximate surface area is 180 Å². The van der Waals surface area contributed by atoms with Gasteiger partial charge in [0.1, 0.15) is 11.8 Å². The summed E-state index contributed by atoms with van der Waals surface area (Å²) in [6.07, 6.45) is 2.47. The first-order valence-electron chi connectivity index (χ1n) is 10.8. The number of carbonyl (C=O) groups is 2. The number of ether oxygens (including phenoxy) is 1. The summed E-state index contributed by atoms with van der Waals surface area (Å²) in [5, 5.41) is 2.98. The van der Waals surface area contributed by atoms with Gasteiger partial charge in [-0.15, -0.1) is 0 Å². The van der Waals surface area contributed by atoms with E-state index in [1.54, 1.807) is 4.90 Å². The van der Waals surface area contributed by atoms with Gasteiger partial charge in [0.2, 0.25) is 5.91 Å². The molecule has 0 saturated carbocycles. The summed E-state index contributed by atoms with van der Waals surface area (Å²) in [6, 6.07) is 15.0. The molecule has 0 heterocycles. The van der Waals surface area contributed by atoms with E-state index in [0.717, 1.165) is 29.5 Å². The van der Waals surface area contributed by atoms with E-state index in [4.69, 9.17) is 4.74 Å². The molecule has 0 aromatic heterocycles. The van der Waals surface area contributed by atoms with Crippen LogP contribution in [0.1, 0.15) is 49.8 Å². The van der Waals surface area contributed by atoms with Gasteiger partial charge < -0.3 is 15.0 Å². The zero-order valence-corrected chi connectivity index (χ0v) is 18.6. The van der Waals surface area contributed by atoms with Crippen LogP contribution in [0.3, 0.4) is 0 Å². The molecule has 1 atom stereocenters. The second kappa shape index (κ2) is 12.0. The third-order valence-electron chi connectivity index (χ3n) is 5.26. The summed E-state index contributed by atoms with van der Waals surface area (Å²) in [4.78, 5) is 27.7. The van der Waals surface area contributed by atoms with Crippen molar-refractivity contribution < 1.29 is 14.3 Å². The van der Waals surface area contributed by atoms with Crippen molar-refractivity contribution in [2.45, 2.75) is 59.5 Å². The highest BCUT2D eigenvalue weighted by Gasteiger charge is 2.29. The van der Waals surface area contributed by atoms with Gasteiger partial charge >= 0.3 is 0 Å². The van der Waals surface area contributed by atoms with E-state index in [1.165, 1.54) is 0 Å². The van der Waals surface area contributed by atoms with Crippen molar-refractivity contribution in [1.82, 2.24) is 10.2 Å². The van der Waals surface area contributed by atoms with Crippen LogP contribution in [0.5, 0.6) is 5.75 Å². The second-order valence-electron chi connectivity index (χ2n) is 7.57. The molecule has 0 spiro atoms. The van der Waals surface area contributed by atoms with Gasteiger partial charge in [-0.3, -0.25) is 9.59 Å². The summed E-state index contributed by atoms with van der Waals surface area (Å²) >= 11 is 0. The third-order valence-corrected chi connectivity index (χ3v) is 5.26. The summed E-state index contributed by atoms with van der Waals surface area (Å²) < 4.78 is 5.80. The predicted molar refractivity (Wildman–Crippen MR) is 120 cm³/mol. The molecule has 162 valence electrons. The number of aryl methyl sites for hydroxylation is 2. The molecule has 2 aromatic rings. The van der Waals surface area contributed by atoms with Crippen LogP contribution < -0.4 is 10.1 Å². The molecule has 5 heteroatoms. The summed E-state index contributed by atoms with van der Waals surface area (Å²) in [5.41, 5.74) is 3.10. The Balaban J connectivity index is 2.20. The summed E-state index contributed by atoms with van der Waals surface area (Å²) in [5.74, 6) is 0.380. The van der Waals surface area contributed by atoms with Crippen molar-refractivity contribution in [2.75, 3.05) is 13.2 Å². The maximum Gasteiger partial charge on any atom is 0.261 e. The second-order valence-corrected chi connectivity index (χ2v) is 7.57. The van der Waals surface area contributed by atoms with Crippen molar-refractivity contribution >= 4 is 11.8 Å². The number of para-hydroxylation sites is 1. The van der Waals surface area contributed by atoms with Crippen molar-refractivity contribution in [1.29, 1.82) is 0 Å². The quantitative estimate of drug-likeness (QED) is 0.559. The molecule has 0 bridgehead atoms. The number of benzene rings is 2. The number of rotatable bonds is 11. The molecule has 0 saturated heterocycles. The monoisotopic (exact) mass is 410 g/mol. The maximum absolute atomic E-state index is 13.2. The Bertz CT molecular complexity index is 835. The largest absolute Gasteiger partial charge is 0.484 e. The lowest BCUT2D eigenvalue weighted by Crippen LogP contribution is -2.50. The average molecular weight is 411 g/mol. The fraction of sp³-hybridized carbons (Fsp3) is 0.440. The van der Waals surface area contributed by atoms with Crippen LogP contribution in [0, 0.1) is 13.8 Å². The number of carbonyl (C=O) groups excluding carboxylic acids is 2. The normalized spacial score (nSPS) is 11.6. The van der Waals surface area contributed by atoms with Crippen molar-refractivity contribution in [3.8, 4) is 5.75 Å². The lowest BCUT2D eigenvalue weighted by Gasteiger charge is -2.31. The Kier molecular flexibility index (Phi) is 9.39. The van der Waals surface area contributed by atoms with E-state index < -0.39 is 6.04 Å². The van der Waals surface area contributed by atoms with E-state index in [1.807, 2.05) is 69.3 Å². The molecule has 0 aliphatic rings. The minimum atomic E-state index is -0.533. The number of hydrogen-bond acceptors (Lipinski definition) is 3. The number of nitrogens with one attached hydrogen (secondary N) is 1. The van der Waals surface area contributed by atoms with Gasteiger partial charge in [-0.25, -0.2) is 0 Å². The third kappa shape index (κ3) is 6.61. The first-order chi connectivity index (χ1) is 14.5. The van der Waals surface area contributed by atoms with Gasteiger partial charge in [-0.1, -0.05) is 62.7 Å². The molecule has 0 aliphatic heterocycles. The van der Waals surface area contributed by atoms with Gasteiger partial charge in [-0.05, 0) is 49.4 Å². The lowest BCUT2D eigenvalue weighted by molar-refractivity contribution is -0.143. The van der Waals surface area contributed by atoms with Crippen molar-refractivity contribution in [2.24, 2.45) is 0 Å². The molecule has 0 aliphatic carbocycles. The highest BCUT2D eigenvalue weighted by Crippen LogP contribution is 2.18. The number of amides is 2. The van der Waals surface area contributed by atoms with Gasteiger partial charge in [-0.2, -0.15) is 0 Å². The maximum atomic E-state index is 13.2. The molecular weight excluding hydrogens is 376 g/mol. The van der Waals surface area contributed by atoms with E-state index in [0.29, 0.717) is 25.3 Å². The van der Waals surface area contributed by atoms with Crippen LogP contribution in [-0.4, -0.2) is 35.9 Å². The van der Waals surface area contributed by atoms with E-state index in [-0.39, 0.29) is 18.4 Å². The van der Waals surface area contributed by atoms with Crippen molar-refractivity contribution in [3.63, 3.8) is 0 Å². The lowest BCUT2D eigenvalue weighted by atomic mass is 10.1. The van der Waals surface area contributed by atoms with Gasteiger partial charge in [0.25, 0.3) is 5.91 Å². The highest BCUT2D eigenvalue weighted by molar-refractivity contribution is 5.88. The minimum Gasteiger partial charge on any atom is -0.484 e.